The fraction of sp³-hybridized carbons (Fsp3) is 0.273. The second kappa shape index (κ2) is 4.89. The van der Waals surface area contributed by atoms with Gasteiger partial charge in [-0.2, -0.15) is 5.10 Å². The number of nitrogens with one attached hydrogen (secondary N) is 1. The van der Waals surface area contributed by atoms with Crippen LogP contribution in [-0.4, -0.2) is 16.3 Å². The lowest BCUT2D eigenvalue weighted by molar-refractivity contribution is 0.242. The molecule has 0 aliphatic rings. The van der Waals surface area contributed by atoms with Gasteiger partial charge in [0, 0.05) is 5.56 Å². The van der Waals surface area contributed by atoms with Crippen LogP contribution in [0.5, 0.6) is 5.75 Å². The van der Waals surface area contributed by atoms with Crippen molar-refractivity contribution in [2.24, 2.45) is 0 Å². The maximum absolute atomic E-state index is 11.0. The minimum absolute atomic E-state index is 0.0693. The van der Waals surface area contributed by atoms with Gasteiger partial charge in [0.15, 0.2) is 0 Å². The van der Waals surface area contributed by atoms with Gasteiger partial charge >= 0.3 is 4.87 Å². The molecule has 0 unspecified atom stereocenters. The van der Waals surface area contributed by atoms with Crippen molar-refractivity contribution in [3.63, 3.8) is 0 Å². The first kappa shape index (κ1) is 12.1. The molecule has 0 atom stereocenters. The fourth-order valence-electron chi connectivity index (χ4n) is 1.34. The Morgan fingerprint density at radius 2 is 2.24 bits per heavy atom. The zero-order valence-corrected chi connectivity index (χ0v) is 10.9. The average molecular weight is 271 g/mol. The van der Waals surface area contributed by atoms with E-state index in [9.17, 15) is 4.79 Å². The highest BCUT2D eigenvalue weighted by atomic mass is 35.5. The Bertz CT molecular complexity index is 577. The van der Waals surface area contributed by atoms with E-state index in [1.165, 1.54) is 0 Å². The highest BCUT2D eigenvalue weighted by Crippen LogP contribution is 2.30. The third kappa shape index (κ3) is 2.87. The average Bonchev–Trinajstić information content (AvgIpc) is 2.67. The van der Waals surface area contributed by atoms with E-state index >= 15 is 0 Å². The standard InChI is InChI=1S/C11H11ClN2O2S/c1-6(2)16-9-4-3-7(5-8(9)12)10-13-14-11(15)17-10/h3-6H,1-2H3,(H,14,15). The zero-order valence-electron chi connectivity index (χ0n) is 9.36. The van der Waals surface area contributed by atoms with Crippen LogP contribution in [0.3, 0.4) is 0 Å². The van der Waals surface area contributed by atoms with Crippen LogP contribution in [0.15, 0.2) is 23.0 Å². The zero-order chi connectivity index (χ0) is 12.4. The van der Waals surface area contributed by atoms with Gasteiger partial charge in [0.2, 0.25) is 0 Å². The summed E-state index contributed by atoms with van der Waals surface area (Å²) in [7, 11) is 0. The summed E-state index contributed by atoms with van der Waals surface area (Å²) in [6.45, 7) is 3.87. The number of benzene rings is 1. The van der Waals surface area contributed by atoms with E-state index in [4.69, 9.17) is 16.3 Å². The normalized spacial score (nSPS) is 10.8. The van der Waals surface area contributed by atoms with Gasteiger partial charge in [-0.1, -0.05) is 22.9 Å². The minimum Gasteiger partial charge on any atom is -0.489 e. The van der Waals surface area contributed by atoms with Crippen LogP contribution in [0, 0.1) is 0 Å². The third-order valence-corrected chi connectivity index (χ3v) is 3.07. The van der Waals surface area contributed by atoms with Gasteiger partial charge in [0.1, 0.15) is 10.8 Å². The van der Waals surface area contributed by atoms with E-state index < -0.39 is 0 Å². The maximum Gasteiger partial charge on any atom is 0.322 e. The topological polar surface area (TPSA) is 55.0 Å². The van der Waals surface area contributed by atoms with E-state index in [1.807, 2.05) is 19.9 Å². The molecule has 1 N–H and O–H groups in total. The molecule has 1 aromatic carbocycles. The summed E-state index contributed by atoms with van der Waals surface area (Å²) >= 11 is 7.14. The summed E-state index contributed by atoms with van der Waals surface area (Å²) in [6.07, 6.45) is 0.0693. The molecule has 1 aromatic heterocycles. The molecule has 1 heterocycles. The first-order valence-corrected chi connectivity index (χ1v) is 6.28. The Morgan fingerprint density at radius 1 is 1.47 bits per heavy atom. The van der Waals surface area contributed by atoms with E-state index in [0.29, 0.717) is 15.8 Å². The van der Waals surface area contributed by atoms with Crippen LogP contribution in [0.2, 0.25) is 5.02 Å². The van der Waals surface area contributed by atoms with Crippen molar-refractivity contribution < 1.29 is 4.74 Å². The number of halogens is 1. The van der Waals surface area contributed by atoms with Crippen molar-refractivity contribution in [2.45, 2.75) is 20.0 Å². The molecule has 90 valence electrons. The molecule has 17 heavy (non-hydrogen) atoms. The summed E-state index contributed by atoms with van der Waals surface area (Å²) in [5, 5.41) is 7.40. The van der Waals surface area contributed by atoms with Crippen molar-refractivity contribution in [3.8, 4) is 16.3 Å². The van der Waals surface area contributed by atoms with E-state index in [-0.39, 0.29) is 11.0 Å². The van der Waals surface area contributed by atoms with Crippen LogP contribution < -0.4 is 9.61 Å². The number of hydrogen-bond acceptors (Lipinski definition) is 4. The summed E-state index contributed by atoms with van der Waals surface area (Å²) in [4.78, 5) is 10.8. The summed E-state index contributed by atoms with van der Waals surface area (Å²) in [5.74, 6) is 0.633. The van der Waals surface area contributed by atoms with Crippen LogP contribution in [-0.2, 0) is 0 Å². The molecular formula is C11H11ClN2O2S. The van der Waals surface area contributed by atoms with E-state index in [0.717, 1.165) is 16.9 Å². The Kier molecular flexibility index (Phi) is 3.49. The number of aromatic nitrogens is 2. The maximum atomic E-state index is 11.0. The van der Waals surface area contributed by atoms with Crippen molar-refractivity contribution in [3.05, 3.63) is 32.9 Å². The molecule has 0 aliphatic carbocycles. The molecule has 0 spiro atoms. The molecule has 2 aromatic rings. The largest absolute Gasteiger partial charge is 0.489 e. The van der Waals surface area contributed by atoms with Gasteiger partial charge in [-0.15, -0.1) is 0 Å². The lowest BCUT2D eigenvalue weighted by Gasteiger charge is -2.11. The summed E-state index contributed by atoms with van der Waals surface area (Å²) in [5.41, 5.74) is 0.800. The van der Waals surface area contributed by atoms with Crippen molar-refractivity contribution >= 4 is 22.9 Å². The SMILES string of the molecule is CC(C)Oc1ccc(-c2n[nH]c(=O)s2)cc1Cl. The molecule has 0 aliphatic heterocycles. The molecular weight excluding hydrogens is 260 g/mol. The number of ether oxygens (including phenoxy) is 1. The van der Waals surface area contributed by atoms with Crippen molar-refractivity contribution in [1.82, 2.24) is 10.2 Å². The molecule has 0 saturated carbocycles. The van der Waals surface area contributed by atoms with Crippen molar-refractivity contribution in [2.75, 3.05) is 0 Å². The fourth-order valence-corrected chi connectivity index (χ4v) is 2.16. The minimum atomic E-state index is -0.182. The number of aromatic amines is 1. The van der Waals surface area contributed by atoms with Gasteiger partial charge in [-0.3, -0.25) is 4.79 Å². The molecule has 0 bridgehead atoms. The monoisotopic (exact) mass is 270 g/mol. The number of H-pyrrole nitrogens is 1. The van der Waals surface area contributed by atoms with Crippen LogP contribution in [0.4, 0.5) is 0 Å². The van der Waals surface area contributed by atoms with Gasteiger partial charge in [-0.25, -0.2) is 5.10 Å². The van der Waals surface area contributed by atoms with Crippen LogP contribution >= 0.6 is 22.9 Å². The first-order valence-electron chi connectivity index (χ1n) is 5.08. The van der Waals surface area contributed by atoms with Crippen molar-refractivity contribution in [1.29, 1.82) is 0 Å². The number of rotatable bonds is 3. The highest BCUT2D eigenvalue weighted by molar-refractivity contribution is 7.12. The molecule has 6 heteroatoms. The molecule has 0 saturated heterocycles. The Morgan fingerprint density at radius 3 is 2.76 bits per heavy atom. The Balaban J connectivity index is 2.33. The highest BCUT2D eigenvalue weighted by Gasteiger charge is 2.08. The third-order valence-electron chi connectivity index (χ3n) is 1.98. The quantitative estimate of drug-likeness (QED) is 0.933. The second-order valence-electron chi connectivity index (χ2n) is 3.73. The Hall–Kier alpha value is -1.33. The smallest absolute Gasteiger partial charge is 0.322 e. The Labute approximate surface area is 107 Å². The summed E-state index contributed by atoms with van der Waals surface area (Å²) < 4.78 is 5.52. The van der Waals surface area contributed by atoms with E-state index in [2.05, 4.69) is 10.2 Å². The van der Waals surface area contributed by atoms with Gasteiger partial charge in [0.05, 0.1) is 11.1 Å². The molecule has 0 radical (unpaired) electrons. The number of nitrogens with zero attached hydrogens (tertiary/aromatic N) is 1. The lowest BCUT2D eigenvalue weighted by atomic mass is 10.2. The molecule has 0 fully saturated rings. The van der Waals surface area contributed by atoms with Gasteiger partial charge in [-0.05, 0) is 32.0 Å². The second-order valence-corrected chi connectivity index (χ2v) is 5.10. The number of hydrogen-bond donors (Lipinski definition) is 1. The predicted octanol–water partition coefficient (Wildman–Crippen LogP) is 2.94. The van der Waals surface area contributed by atoms with Gasteiger partial charge in [0.25, 0.3) is 0 Å². The van der Waals surface area contributed by atoms with Crippen LogP contribution in [0.1, 0.15) is 13.8 Å². The molecule has 2 rings (SSSR count). The lowest BCUT2D eigenvalue weighted by Crippen LogP contribution is -2.05. The first-order chi connectivity index (χ1) is 8.06. The van der Waals surface area contributed by atoms with Gasteiger partial charge < -0.3 is 4.74 Å². The molecule has 0 amide bonds. The predicted molar refractivity (Wildman–Crippen MR) is 68.9 cm³/mol. The molecule has 4 nitrogen and oxygen atoms in total. The van der Waals surface area contributed by atoms with Crippen LogP contribution in [0.25, 0.3) is 10.6 Å². The summed E-state index contributed by atoms with van der Waals surface area (Å²) in [6, 6.07) is 5.35. The van der Waals surface area contributed by atoms with E-state index in [1.54, 1.807) is 12.1 Å².